The lowest BCUT2D eigenvalue weighted by molar-refractivity contribution is 1.41. The first-order chi connectivity index (χ1) is 6.70. The number of anilines is 1. The minimum absolute atomic E-state index is 0.492. The maximum absolute atomic E-state index is 6.03. The van der Waals surface area contributed by atoms with E-state index in [2.05, 4.69) is 4.98 Å². The van der Waals surface area contributed by atoms with Gasteiger partial charge >= 0.3 is 0 Å². The zero-order valence-electron chi connectivity index (χ0n) is 7.00. The van der Waals surface area contributed by atoms with Crippen LogP contribution in [0.5, 0.6) is 0 Å². The standard InChI is InChI=1S/C9H6Cl2N2S/c10-6-3-1-2-5(7(6)11)8-9(12)14-4-13-8/h1-4H,12H2. The molecule has 2 nitrogen and oxygen atoms in total. The molecule has 0 atom stereocenters. The van der Waals surface area contributed by atoms with Gasteiger partial charge in [0.1, 0.15) is 10.7 Å². The number of hydrogen-bond donors (Lipinski definition) is 1. The number of nitrogens with zero attached hydrogens (tertiary/aromatic N) is 1. The molecule has 0 spiro atoms. The third-order valence-corrected chi connectivity index (χ3v) is 3.28. The van der Waals surface area contributed by atoms with Crippen molar-refractivity contribution in [2.75, 3.05) is 5.73 Å². The Balaban J connectivity index is 2.63. The normalized spacial score (nSPS) is 10.4. The van der Waals surface area contributed by atoms with Gasteiger partial charge in [-0.15, -0.1) is 11.3 Å². The molecule has 0 unspecified atom stereocenters. The molecule has 1 aromatic heterocycles. The van der Waals surface area contributed by atoms with Crippen molar-refractivity contribution in [1.29, 1.82) is 0 Å². The van der Waals surface area contributed by atoms with E-state index in [-0.39, 0.29) is 0 Å². The second-order valence-electron chi connectivity index (χ2n) is 2.67. The lowest BCUT2D eigenvalue weighted by Gasteiger charge is -2.03. The fourth-order valence-corrected chi connectivity index (χ4v) is 2.08. The number of rotatable bonds is 1. The Morgan fingerprint density at radius 1 is 1.29 bits per heavy atom. The highest BCUT2D eigenvalue weighted by Crippen LogP contribution is 2.36. The van der Waals surface area contributed by atoms with Gasteiger partial charge < -0.3 is 5.73 Å². The number of aromatic nitrogens is 1. The Hall–Kier alpha value is -0.770. The third kappa shape index (κ3) is 1.59. The lowest BCUT2D eigenvalue weighted by atomic mass is 10.1. The van der Waals surface area contributed by atoms with E-state index in [1.807, 2.05) is 12.1 Å². The Labute approximate surface area is 95.3 Å². The summed E-state index contributed by atoms with van der Waals surface area (Å²) in [5.74, 6) is 0. The topological polar surface area (TPSA) is 38.9 Å². The van der Waals surface area contributed by atoms with Gasteiger partial charge in [-0.2, -0.15) is 0 Å². The van der Waals surface area contributed by atoms with Crippen LogP contribution in [0.3, 0.4) is 0 Å². The fourth-order valence-electron chi connectivity index (χ4n) is 1.14. The monoisotopic (exact) mass is 244 g/mol. The Kier molecular flexibility index (Phi) is 2.63. The number of halogens is 2. The Bertz CT molecular complexity index is 468. The summed E-state index contributed by atoms with van der Waals surface area (Å²) >= 11 is 13.3. The minimum atomic E-state index is 0.492. The van der Waals surface area contributed by atoms with Crippen LogP contribution in [0.2, 0.25) is 10.0 Å². The van der Waals surface area contributed by atoms with Crippen LogP contribution in [-0.4, -0.2) is 4.98 Å². The van der Waals surface area contributed by atoms with E-state index in [1.165, 1.54) is 11.3 Å². The van der Waals surface area contributed by atoms with Gasteiger partial charge in [0.15, 0.2) is 0 Å². The van der Waals surface area contributed by atoms with E-state index in [4.69, 9.17) is 28.9 Å². The first-order valence-corrected chi connectivity index (χ1v) is 5.47. The van der Waals surface area contributed by atoms with Crippen LogP contribution in [0, 0.1) is 0 Å². The molecule has 0 saturated heterocycles. The van der Waals surface area contributed by atoms with Crippen LogP contribution in [0.15, 0.2) is 23.7 Å². The van der Waals surface area contributed by atoms with Crippen molar-refractivity contribution in [3.8, 4) is 11.3 Å². The minimum Gasteiger partial charge on any atom is -0.389 e. The van der Waals surface area contributed by atoms with Crippen molar-refractivity contribution >= 4 is 39.5 Å². The molecule has 5 heteroatoms. The summed E-state index contributed by atoms with van der Waals surface area (Å²) in [4.78, 5) is 4.14. The van der Waals surface area contributed by atoms with Crippen molar-refractivity contribution in [2.45, 2.75) is 0 Å². The lowest BCUT2D eigenvalue weighted by Crippen LogP contribution is -1.86. The molecule has 0 saturated carbocycles. The molecule has 72 valence electrons. The quantitative estimate of drug-likeness (QED) is 0.831. The zero-order chi connectivity index (χ0) is 10.1. The number of thiazole rings is 1. The van der Waals surface area contributed by atoms with Crippen LogP contribution >= 0.6 is 34.5 Å². The fraction of sp³-hybridized carbons (Fsp3) is 0. The summed E-state index contributed by atoms with van der Waals surface area (Å²) < 4.78 is 0. The molecule has 0 aliphatic carbocycles. The average Bonchev–Trinajstić information content (AvgIpc) is 2.57. The van der Waals surface area contributed by atoms with E-state index in [0.717, 1.165) is 5.56 Å². The van der Waals surface area contributed by atoms with E-state index in [0.29, 0.717) is 20.7 Å². The highest BCUT2D eigenvalue weighted by molar-refractivity contribution is 7.14. The highest BCUT2D eigenvalue weighted by atomic mass is 35.5. The van der Waals surface area contributed by atoms with E-state index in [9.17, 15) is 0 Å². The Morgan fingerprint density at radius 2 is 2.07 bits per heavy atom. The van der Waals surface area contributed by atoms with Crippen LogP contribution in [0.25, 0.3) is 11.3 Å². The maximum atomic E-state index is 6.03. The third-order valence-electron chi connectivity index (χ3n) is 1.80. The van der Waals surface area contributed by atoms with E-state index >= 15 is 0 Å². The highest BCUT2D eigenvalue weighted by Gasteiger charge is 2.11. The van der Waals surface area contributed by atoms with Gasteiger partial charge in [0, 0.05) is 5.56 Å². The summed E-state index contributed by atoms with van der Waals surface area (Å²) in [6.45, 7) is 0. The number of nitrogens with two attached hydrogens (primary N) is 1. The van der Waals surface area contributed by atoms with Crippen molar-refractivity contribution < 1.29 is 0 Å². The van der Waals surface area contributed by atoms with Gasteiger partial charge in [-0.25, -0.2) is 4.98 Å². The van der Waals surface area contributed by atoms with Gasteiger partial charge in [-0.05, 0) is 6.07 Å². The largest absolute Gasteiger partial charge is 0.389 e. The van der Waals surface area contributed by atoms with Crippen molar-refractivity contribution in [3.63, 3.8) is 0 Å². The first-order valence-electron chi connectivity index (χ1n) is 3.83. The van der Waals surface area contributed by atoms with Gasteiger partial charge in [0.2, 0.25) is 0 Å². The van der Waals surface area contributed by atoms with Crippen LogP contribution in [0.4, 0.5) is 5.00 Å². The molecule has 0 radical (unpaired) electrons. The molecule has 0 fully saturated rings. The number of hydrogen-bond acceptors (Lipinski definition) is 3. The van der Waals surface area contributed by atoms with Gasteiger partial charge in [0.25, 0.3) is 0 Å². The molecule has 2 N–H and O–H groups in total. The summed E-state index contributed by atoms with van der Waals surface area (Å²) in [6, 6.07) is 5.40. The molecule has 1 heterocycles. The van der Waals surface area contributed by atoms with Gasteiger partial charge in [-0.3, -0.25) is 0 Å². The molecule has 0 amide bonds. The van der Waals surface area contributed by atoms with Gasteiger partial charge in [0.05, 0.1) is 15.6 Å². The molecule has 14 heavy (non-hydrogen) atoms. The second-order valence-corrected chi connectivity index (χ2v) is 4.34. The number of benzene rings is 1. The molecule has 1 aromatic carbocycles. The van der Waals surface area contributed by atoms with Crippen molar-refractivity contribution in [3.05, 3.63) is 33.8 Å². The number of nitrogen functional groups attached to an aromatic ring is 1. The maximum Gasteiger partial charge on any atom is 0.114 e. The summed E-state index contributed by atoms with van der Waals surface area (Å²) in [6.07, 6.45) is 0. The van der Waals surface area contributed by atoms with E-state index in [1.54, 1.807) is 11.6 Å². The molecule has 0 bridgehead atoms. The van der Waals surface area contributed by atoms with Crippen LogP contribution < -0.4 is 5.73 Å². The summed E-state index contributed by atoms with van der Waals surface area (Å²) in [5, 5.41) is 1.65. The molecule has 2 rings (SSSR count). The molecular formula is C9H6Cl2N2S. The second kappa shape index (κ2) is 3.77. The molecule has 0 aliphatic heterocycles. The van der Waals surface area contributed by atoms with Crippen LogP contribution in [0.1, 0.15) is 0 Å². The van der Waals surface area contributed by atoms with E-state index < -0.39 is 0 Å². The zero-order valence-corrected chi connectivity index (χ0v) is 9.33. The smallest absolute Gasteiger partial charge is 0.114 e. The Morgan fingerprint density at radius 3 is 2.71 bits per heavy atom. The average molecular weight is 245 g/mol. The van der Waals surface area contributed by atoms with Crippen molar-refractivity contribution in [2.24, 2.45) is 0 Å². The predicted molar refractivity (Wildman–Crippen MR) is 62.0 cm³/mol. The van der Waals surface area contributed by atoms with Crippen molar-refractivity contribution in [1.82, 2.24) is 4.98 Å². The molecular weight excluding hydrogens is 239 g/mol. The van der Waals surface area contributed by atoms with Gasteiger partial charge in [-0.1, -0.05) is 35.3 Å². The SMILES string of the molecule is Nc1scnc1-c1cccc(Cl)c1Cl. The van der Waals surface area contributed by atoms with Crippen LogP contribution in [-0.2, 0) is 0 Å². The summed E-state index contributed by atoms with van der Waals surface area (Å²) in [5.41, 5.74) is 8.90. The molecule has 0 aliphatic rings. The predicted octanol–water partition coefficient (Wildman–Crippen LogP) is 3.70. The first kappa shape index (κ1) is 9.77. The molecule has 2 aromatic rings. The summed E-state index contributed by atoms with van der Waals surface area (Å²) in [7, 11) is 0.